The lowest BCUT2D eigenvalue weighted by molar-refractivity contribution is 0.0692. The molecular weight excluding hydrogens is 258 g/mol. The highest BCUT2D eigenvalue weighted by Crippen LogP contribution is 2.31. The third kappa shape index (κ3) is 2.17. The van der Waals surface area contributed by atoms with Crippen LogP contribution < -0.4 is 16.2 Å². The first kappa shape index (κ1) is 13.8. The molecule has 6 heteroatoms. The Labute approximate surface area is 115 Å². The maximum atomic E-state index is 12.0. The maximum Gasteiger partial charge on any atom is 0.338 e. The van der Waals surface area contributed by atoms with Gasteiger partial charge >= 0.3 is 5.97 Å². The quantitative estimate of drug-likeness (QED) is 0.444. The topological polar surface area (TPSA) is 95.7 Å². The van der Waals surface area contributed by atoms with E-state index in [1.807, 2.05) is 17.6 Å². The SMILES string of the molecule is CN(C)c1cc2ccccc2c(C(=O)NN)c1C(=O)O. The Hall–Kier alpha value is -2.60. The first-order valence-corrected chi connectivity index (χ1v) is 5.94. The number of benzene rings is 2. The minimum Gasteiger partial charge on any atom is -0.478 e. The average molecular weight is 273 g/mol. The van der Waals surface area contributed by atoms with Crippen molar-refractivity contribution >= 4 is 28.3 Å². The van der Waals surface area contributed by atoms with Crippen LogP contribution in [0.2, 0.25) is 0 Å². The highest BCUT2D eigenvalue weighted by molar-refractivity contribution is 6.17. The number of carboxylic acid groups (broad SMARTS) is 1. The van der Waals surface area contributed by atoms with Gasteiger partial charge in [-0.3, -0.25) is 10.2 Å². The Bertz CT molecular complexity index is 695. The summed E-state index contributed by atoms with van der Waals surface area (Å²) in [6.45, 7) is 0. The predicted octanol–water partition coefficient (Wildman–Crippen LogP) is 1.21. The second-order valence-corrected chi connectivity index (χ2v) is 4.54. The van der Waals surface area contributed by atoms with Gasteiger partial charge in [0, 0.05) is 14.1 Å². The summed E-state index contributed by atoms with van der Waals surface area (Å²) in [5.74, 6) is 3.39. The van der Waals surface area contributed by atoms with Gasteiger partial charge in [0.1, 0.15) is 0 Å². The van der Waals surface area contributed by atoms with E-state index in [0.717, 1.165) is 5.39 Å². The molecule has 0 saturated carbocycles. The fraction of sp³-hybridized carbons (Fsp3) is 0.143. The van der Waals surface area contributed by atoms with E-state index in [4.69, 9.17) is 5.84 Å². The van der Waals surface area contributed by atoms with Crippen molar-refractivity contribution in [3.8, 4) is 0 Å². The number of carboxylic acids is 1. The van der Waals surface area contributed by atoms with E-state index in [0.29, 0.717) is 11.1 Å². The van der Waals surface area contributed by atoms with Gasteiger partial charge in [0.25, 0.3) is 5.91 Å². The zero-order valence-electron chi connectivity index (χ0n) is 11.2. The van der Waals surface area contributed by atoms with Gasteiger partial charge in [-0.05, 0) is 16.8 Å². The number of hydrogen-bond acceptors (Lipinski definition) is 4. The molecule has 0 saturated heterocycles. The minimum atomic E-state index is -1.17. The molecule has 2 aromatic rings. The summed E-state index contributed by atoms with van der Waals surface area (Å²) in [4.78, 5) is 25.2. The van der Waals surface area contributed by atoms with Crippen LogP contribution in [0.1, 0.15) is 20.7 Å². The molecule has 20 heavy (non-hydrogen) atoms. The van der Waals surface area contributed by atoms with Crippen molar-refractivity contribution in [1.29, 1.82) is 0 Å². The van der Waals surface area contributed by atoms with E-state index in [1.165, 1.54) is 0 Å². The lowest BCUT2D eigenvalue weighted by atomic mass is 9.96. The second kappa shape index (κ2) is 5.18. The molecule has 0 aromatic heterocycles. The van der Waals surface area contributed by atoms with E-state index in [2.05, 4.69) is 0 Å². The number of carbonyl (C=O) groups is 2. The van der Waals surface area contributed by atoms with Crippen molar-refractivity contribution in [2.24, 2.45) is 5.84 Å². The number of nitrogens with zero attached hydrogens (tertiary/aromatic N) is 1. The van der Waals surface area contributed by atoms with E-state index in [9.17, 15) is 14.7 Å². The van der Waals surface area contributed by atoms with Crippen LogP contribution in [-0.2, 0) is 0 Å². The number of rotatable bonds is 3. The average Bonchev–Trinajstić information content (AvgIpc) is 2.44. The Kier molecular flexibility index (Phi) is 3.58. The van der Waals surface area contributed by atoms with Crippen LogP contribution in [-0.4, -0.2) is 31.1 Å². The number of hydrazine groups is 1. The van der Waals surface area contributed by atoms with Gasteiger partial charge < -0.3 is 10.0 Å². The van der Waals surface area contributed by atoms with Crippen LogP contribution in [0.3, 0.4) is 0 Å². The van der Waals surface area contributed by atoms with Gasteiger partial charge in [0.15, 0.2) is 0 Å². The number of aromatic carboxylic acids is 1. The summed E-state index contributed by atoms with van der Waals surface area (Å²) < 4.78 is 0. The molecule has 1 amide bonds. The largest absolute Gasteiger partial charge is 0.478 e. The smallest absolute Gasteiger partial charge is 0.338 e. The van der Waals surface area contributed by atoms with Crippen molar-refractivity contribution in [2.75, 3.05) is 19.0 Å². The number of fused-ring (bicyclic) bond motifs is 1. The second-order valence-electron chi connectivity index (χ2n) is 4.54. The van der Waals surface area contributed by atoms with Gasteiger partial charge in [-0.25, -0.2) is 10.6 Å². The number of carbonyl (C=O) groups excluding carboxylic acids is 1. The molecule has 2 rings (SSSR count). The third-order valence-electron chi connectivity index (χ3n) is 3.08. The number of nitrogen functional groups attached to an aromatic ring is 1. The minimum absolute atomic E-state index is 0.0587. The molecule has 104 valence electrons. The maximum absolute atomic E-state index is 12.0. The zero-order valence-corrected chi connectivity index (χ0v) is 11.2. The number of nitrogens with one attached hydrogen (secondary N) is 1. The van der Waals surface area contributed by atoms with Crippen molar-refractivity contribution in [3.05, 3.63) is 41.5 Å². The summed E-state index contributed by atoms with van der Waals surface area (Å²) in [6, 6.07) is 8.84. The molecule has 0 aliphatic carbocycles. The Morgan fingerprint density at radius 2 is 1.85 bits per heavy atom. The van der Waals surface area contributed by atoms with Crippen molar-refractivity contribution < 1.29 is 14.7 Å². The van der Waals surface area contributed by atoms with Crippen LogP contribution in [0.5, 0.6) is 0 Å². The number of nitrogens with two attached hydrogens (primary N) is 1. The van der Waals surface area contributed by atoms with Gasteiger partial charge in [-0.15, -0.1) is 0 Å². The number of hydrogen-bond donors (Lipinski definition) is 3. The Morgan fingerprint density at radius 3 is 2.40 bits per heavy atom. The highest BCUT2D eigenvalue weighted by Gasteiger charge is 2.24. The number of anilines is 1. The van der Waals surface area contributed by atoms with Crippen LogP contribution in [0.25, 0.3) is 10.8 Å². The van der Waals surface area contributed by atoms with Gasteiger partial charge in [-0.1, -0.05) is 24.3 Å². The third-order valence-corrected chi connectivity index (χ3v) is 3.08. The molecule has 0 unspecified atom stereocenters. The molecule has 0 radical (unpaired) electrons. The van der Waals surface area contributed by atoms with Crippen molar-refractivity contribution in [2.45, 2.75) is 0 Å². The van der Waals surface area contributed by atoms with Crippen LogP contribution >= 0.6 is 0 Å². The molecule has 0 aliphatic heterocycles. The first-order chi connectivity index (χ1) is 9.47. The standard InChI is InChI=1S/C14H15N3O3/c1-17(2)10-7-8-5-3-4-6-9(8)11(13(18)16-15)12(10)14(19)20/h3-7H,15H2,1-2H3,(H,16,18)(H,19,20). The predicted molar refractivity (Wildman–Crippen MR) is 76.9 cm³/mol. The van der Waals surface area contributed by atoms with Gasteiger partial charge in [0.05, 0.1) is 16.8 Å². The number of amides is 1. The van der Waals surface area contributed by atoms with Crippen molar-refractivity contribution in [3.63, 3.8) is 0 Å². The van der Waals surface area contributed by atoms with Crippen LogP contribution in [0, 0.1) is 0 Å². The van der Waals surface area contributed by atoms with Crippen LogP contribution in [0.15, 0.2) is 30.3 Å². The summed E-state index contributed by atoms with van der Waals surface area (Å²) in [6.07, 6.45) is 0. The molecule has 0 heterocycles. The summed E-state index contributed by atoms with van der Waals surface area (Å²) in [7, 11) is 3.45. The Balaban J connectivity index is 2.97. The fourth-order valence-corrected chi connectivity index (χ4v) is 2.21. The molecule has 0 fully saturated rings. The molecular formula is C14H15N3O3. The van der Waals surface area contributed by atoms with E-state index in [1.54, 1.807) is 37.2 Å². The van der Waals surface area contributed by atoms with Gasteiger partial charge in [-0.2, -0.15) is 0 Å². The normalized spacial score (nSPS) is 10.3. The Morgan fingerprint density at radius 1 is 1.20 bits per heavy atom. The van der Waals surface area contributed by atoms with Crippen molar-refractivity contribution in [1.82, 2.24) is 5.43 Å². The monoisotopic (exact) mass is 273 g/mol. The van der Waals surface area contributed by atoms with E-state index < -0.39 is 11.9 Å². The molecule has 2 aromatic carbocycles. The fourth-order valence-electron chi connectivity index (χ4n) is 2.21. The van der Waals surface area contributed by atoms with Crippen LogP contribution in [0.4, 0.5) is 5.69 Å². The molecule has 0 bridgehead atoms. The zero-order chi connectivity index (χ0) is 14.9. The van der Waals surface area contributed by atoms with E-state index in [-0.39, 0.29) is 11.1 Å². The summed E-state index contributed by atoms with van der Waals surface area (Å²) in [5, 5.41) is 10.8. The molecule has 0 aliphatic rings. The summed E-state index contributed by atoms with van der Waals surface area (Å²) in [5.41, 5.74) is 2.48. The molecule has 6 nitrogen and oxygen atoms in total. The molecule has 4 N–H and O–H groups in total. The highest BCUT2D eigenvalue weighted by atomic mass is 16.4. The molecule has 0 atom stereocenters. The summed E-state index contributed by atoms with van der Waals surface area (Å²) >= 11 is 0. The van der Waals surface area contributed by atoms with Gasteiger partial charge in [0.2, 0.25) is 0 Å². The first-order valence-electron chi connectivity index (χ1n) is 5.94. The van der Waals surface area contributed by atoms with E-state index >= 15 is 0 Å². The lowest BCUT2D eigenvalue weighted by Crippen LogP contribution is -2.32. The molecule has 0 spiro atoms. The lowest BCUT2D eigenvalue weighted by Gasteiger charge is -2.19.